The lowest BCUT2D eigenvalue weighted by Gasteiger charge is -2.31. The molecule has 0 radical (unpaired) electrons. The predicted molar refractivity (Wildman–Crippen MR) is 86.1 cm³/mol. The van der Waals surface area contributed by atoms with E-state index in [0.717, 1.165) is 29.8 Å². The minimum Gasteiger partial charge on any atom is -0.301 e. The fraction of sp³-hybridized carbons (Fsp3) is 0.211. The summed E-state index contributed by atoms with van der Waals surface area (Å²) in [5.41, 5.74) is 3.08. The number of rotatable bonds is 2. The van der Waals surface area contributed by atoms with E-state index in [1.165, 1.54) is 0 Å². The first-order chi connectivity index (χ1) is 10.2. The van der Waals surface area contributed by atoms with E-state index in [4.69, 9.17) is 0 Å². The number of piperidine rings is 1. The van der Waals surface area contributed by atoms with Crippen molar-refractivity contribution < 1.29 is 4.79 Å². The number of ketones is 1. The van der Waals surface area contributed by atoms with Gasteiger partial charge in [0.1, 0.15) is 0 Å². The lowest BCUT2D eigenvalue weighted by Crippen LogP contribution is -2.38. The highest BCUT2D eigenvalue weighted by Gasteiger charge is 2.30. The molecule has 0 unspecified atom stereocenters. The number of hydrogen-bond acceptors (Lipinski definition) is 2. The molecule has 0 spiro atoms. The topological polar surface area (TPSA) is 20.3 Å². The molecule has 106 valence electrons. The van der Waals surface area contributed by atoms with Gasteiger partial charge in [0.25, 0.3) is 0 Å². The van der Waals surface area contributed by atoms with Gasteiger partial charge in [0.05, 0.1) is 5.92 Å². The zero-order valence-electron chi connectivity index (χ0n) is 12.2. The van der Waals surface area contributed by atoms with Crippen molar-refractivity contribution in [1.82, 2.24) is 4.90 Å². The van der Waals surface area contributed by atoms with Crippen LogP contribution in [0.2, 0.25) is 0 Å². The fourth-order valence-electron chi connectivity index (χ4n) is 2.86. The van der Waals surface area contributed by atoms with Gasteiger partial charge in [0.15, 0.2) is 5.78 Å². The van der Waals surface area contributed by atoms with E-state index in [0.29, 0.717) is 0 Å². The van der Waals surface area contributed by atoms with Crippen LogP contribution in [0, 0.1) is 0 Å². The van der Waals surface area contributed by atoms with Gasteiger partial charge in [-0.25, -0.2) is 0 Å². The van der Waals surface area contributed by atoms with Gasteiger partial charge in [-0.05, 0) is 24.3 Å². The zero-order valence-corrected chi connectivity index (χ0v) is 12.2. The molecule has 0 aromatic heterocycles. The maximum absolute atomic E-state index is 12.8. The van der Waals surface area contributed by atoms with E-state index < -0.39 is 0 Å². The van der Waals surface area contributed by atoms with Crippen LogP contribution in [0.25, 0.3) is 6.08 Å². The van der Waals surface area contributed by atoms with Gasteiger partial charge in [0.2, 0.25) is 0 Å². The third kappa shape index (κ3) is 3.11. The smallest absolute Gasteiger partial charge is 0.168 e. The first-order valence-corrected chi connectivity index (χ1v) is 7.27. The number of Topliss-reactive ketones (excluding diaryl/α,β-unsaturated/α-hetero) is 1. The largest absolute Gasteiger partial charge is 0.301 e. The SMILES string of the molecule is CN1C/C(=C\c2ccccc2)C(=O)[C@@H](c2ccccc2)C1. The van der Waals surface area contributed by atoms with Crippen LogP contribution in [-0.2, 0) is 4.79 Å². The van der Waals surface area contributed by atoms with Crippen molar-refractivity contribution in [2.24, 2.45) is 0 Å². The van der Waals surface area contributed by atoms with Gasteiger partial charge < -0.3 is 4.90 Å². The van der Waals surface area contributed by atoms with Crippen molar-refractivity contribution in [2.75, 3.05) is 20.1 Å². The van der Waals surface area contributed by atoms with Gasteiger partial charge in [-0.1, -0.05) is 60.7 Å². The first-order valence-electron chi connectivity index (χ1n) is 7.27. The average Bonchev–Trinajstić information content (AvgIpc) is 2.52. The Balaban J connectivity index is 1.92. The number of hydrogen-bond donors (Lipinski definition) is 0. The van der Waals surface area contributed by atoms with Crippen LogP contribution >= 0.6 is 0 Å². The number of nitrogens with zero attached hydrogens (tertiary/aromatic N) is 1. The van der Waals surface area contributed by atoms with E-state index in [1.807, 2.05) is 66.7 Å². The van der Waals surface area contributed by atoms with E-state index in [1.54, 1.807) is 0 Å². The molecule has 1 heterocycles. The van der Waals surface area contributed by atoms with Crippen molar-refractivity contribution in [1.29, 1.82) is 0 Å². The third-order valence-electron chi connectivity index (χ3n) is 3.91. The Hall–Kier alpha value is -2.19. The lowest BCUT2D eigenvalue weighted by molar-refractivity contribution is -0.118. The predicted octanol–water partition coefficient (Wildman–Crippen LogP) is 3.37. The van der Waals surface area contributed by atoms with E-state index in [2.05, 4.69) is 11.9 Å². The van der Waals surface area contributed by atoms with E-state index in [9.17, 15) is 4.79 Å². The molecule has 2 aromatic carbocycles. The number of likely N-dealkylation sites (N-methyl/N-ethyl adjacent to an activating group) is 1. The molecule has 1 aliphatic rings. The summed E-state index contributed by atoms with van der Waals surface area (Å²) in [5.74, 6) is 0.197. The molecule has 2 heteroatoms. The van der Waals surface area contributed by atoms with Gasteiger partial charge >= 0.3 is 0 Å². The molecule has 1 aliphatic heterocycles. The molecule has 0 bridgehead atoms. The zero-order chi connectivity index (χ0) is 14.7. The Bertz CT molecular complexity index is 646. The third-order valence-corrected chi connectivity index (χ3v) is 3.91. The molecule has 3 rings (SSSR count). The molecule has 0 amide bonds. The summed E-state index contributed by atoms with van der Waals surface area (Å²) >= 11 is 0. The van der Waals surface area contributed by atoms with E-state index >= 15 is 0 Å². The average molecular weight is 277 g/mol. The highest BCUT2D eigenvalue weighted by Crippen LogP contribution is 2.27. The second kappa shape index (κ2) is 6.06. The molecular formula is C19H19NO. The molecule has 0 aliphatic carbocycles. The van der Waals surface area contributed by atoms with Crippen LogP contribution in [0.1, 0.15) is 17.0 Å². The van der Waals surface area contributed by atoms with Crippen molar-refractivity contribution in [3.63, 3.8) is 0 Å². The Morgan fingerprint density at radius 3 is 2.29 bits per heavy atom. The quantitative estimate of drug-likeness (QED) is 0.784. The maximum atomic E-state index is 12.8. The number of likely N-dealkylation sites (tertiary alicyclic amines) is 1. The van der Waals surface area contributed by atoms with Crippen LogP contribution in [-0.4, -0.2) is 30.8 Å². The summed E-state index contributed by atoms with van der Waals surface area (Å²) in [6.07, 6.45) is 2.02. The lowest BCUT2D eigenvalue weighted by atomic mass is 9.86. The van der Waals surface area contributed by atoms with Crippen LogP contribution in [0.3, 0.4) is 0 Å². The van der Waals surface area contributed by atoms with Gasteiger partial charge in [-0.15, -0.1) is 0 Å². The molecule has 1 atom stereocenters. The number of carbonyl (C=O) groups excluding carboxylic acids is 1. The van der Waals surface area contributed by atoms with Crippen molar-refractivity contribution >= 4 is 11.9 Å². The molecule has 2 nitrogen and oxygen atoms in total. The molecule has 21 heavy (non-hydrogen) atoms. The summed E-state index contributed by atoms with van der Waals surface area (Å²) in [7, 11) is 2.07. The molecule has 1 saturated heterocycles. The summed E-state index contributed by atoms with van der Waals surface area (Å²) in [6.45, 7) is 1.51. The van der Waals surface area contributed by atoms with E-state index in [-0.39, 0.29) is 11.7 Å². The number of benzene rings is 2. The normalized spacial score (nSPS) is 21.7. The van der Waals surface area contributed by atoms with Gasteiger partial charge in [-0.2, -0.15) is 0 Å². The summed E-state index contributed by atoms with van der Waals surface area (Å²) in [4.78, 5) is 15.0. The molecule has 2 aromatic rings. The van der Waals surface area contributed by atoms with Crippen LogP contribution in [0.4, 0.5) is 0 Å². The van der Waals surface area contributed by atoms with Crippen molar-refractivity contribution in [3.8, 4) is 0 Å². The van der Waals surface area contributed by atoms with Crippen molar-refractivity contribution in [3.05, 3.63) is 77.4 Å². The Kier molecular flexibility index (Phi) is 3.98. The summed E-state index contributed by atoms with van der Waals surface area (Å²) in [6, 6.07) is 20.1. The second-order valence-corrected chi connectivity index (χ2v) is 5.60. The minimum atomic E-state index is -0.0556. The fourth-order valence-corrected chi connectivity index (χ4v) is 2.86. The monoisotopic (exact) mass is 277 g/mol. The van der Waals surface area contributed by atoms with Gasteiger partial charge in [0, 0.05) is 18.7 Å². The molecule has 0 N–H and O–H groups in total. The minimum absolute atomic E-state index is 0.0556. The molecule has 0 saturated carbocycles. The molecular weight excluding hydrogens is 258 g/mol. The highest BCUT2D eigenvalue weighted by atomic mass is 16.1. The van der Waals surface area contributed by atoms with Gasteiger partial charge in [-0.3, -0.25) is 4.79 Å². The summed E-state index contributed by atoms with van der Waals surface area (Å²) < 4.78 is 0. The first kappa shape index (κ1) is 13.8. The number of carbonyl (C=O) groups is 1. The van der Waals surface area contributed by atoms with Crippen LogP contribution in [0.5, 0.6) is 0 Å². The Morgan fingerprint density at radius 1 is 1.00 bits per heavy atom. The second-order valence-electron chi connectivity index (χ2n) is 5.60. The Morgan fingerprint density at radius 2 is 1.62 bits per heavy atom. The molecule has 1 fully saturated rings. The highest BCUT2D eigenvalue weighted by molar-refractivity contribution is 6.05. The standard InChI is InChI=1S/C19H19NO/c1-20-13-17(12-15-8-4-2-5-9-15)19(21)18(14-20)16-10-6-3-7-11-16/h2-12,18H,13-14H2,1H3/b17-12+/t18-/m1/s1. The van der Waals surface area contributed by atoms with Crippen LogP contribution in [0.15, 0.2) is 66.2 Å². The summed E-state index contributed by atoms with van der Waals surface area (Å²) in [5, 5.41) is 0. The van der Waals surface area contributed by atoms with Crippen LogP contribution < -0.4 is 0 Å². The van der Waals surface area contributed by atoms with Crippen molar-refractivity contribution in [2.45, 2.75) is 5.92 Å². The Labute approximate surface area is 125 Å². The maximum Gasteiger partial charge on any atom is 0.168 e.